The van der Waals surface area contributed by atoms with Gasteiger partial charge in [0.05, 0.1) is 18.4 Å². The van der Waals surface area contributed by atoms with Crippen LogP contribution < -0.4 is 4.90 Å². The standard InChI is InChI=1S/C23H27FN2O3/c1-16(2)29-15-18-4-6-19(7-5-18)23(28)26-12-10-25(11-13-26)22-9-8-20(17(3)27)14-21(22)24/h4-9,14,16H,10-13,15H2,1-3H3. The van der Waals surface area contributed by atoms with E-state index in [1.54, 1.807) is 17.0 Å². The maximum atomic E-state index is 14.4. The Morgan fingerprint density at radius 3 is 2.17 bits per heavy atom. The number of hydrogen-bond acceptors (Lipinski definition) is 4. The summed E-state index contributed by atoms with van der Waals surface area (Å²) in [4.78, 5) is 27.9. The average Bonchev–Trinajstić information content (AvgIpc) is 2.72. The number of benzene rings is 2. The van der Waals surface area contributed by atoms with Crippen molar-refractivity contribution in [1.82, 2.24) is 4.90 Å². The van der Waals surface area contributed by atoms with E-state index in [9.17, 15) is 14.0 Å². The van der Waals surface area contributed by atoms with Crippen LogP contribution in [0, 0.1) is 5.82 Å². The number of piperazine rings is 1. The Morgan fingerprint density at radius 1 is 1.00 bits per heavy atom. The largest absolute Gasteiger partial charge is 0.374 e. The van der Waals surface area contributed by atoms with Crippen LogP contribution in [0.4, 0.5) is 10.1 Å². The van der Waals surface area contributed by atoms with E-state index in [1.165, 1.54) is 13.0 Å². The lowest BCUT2D eigenvalue weighted by molar-refractivity contribution is 0.0655. The smallest absolute Gasteiger partial charge is 0.253 e. The summed E-state index contributed by atoms with van der Waals surface area (Å²) < 4.78 is 20.0. The minimum atomic E-state index is -0.406. The maximum Gasteiger partial charge on any atom is 0.253 e. The Hall–Kier alpha value is -2.73. The van der Waals surface area contributed by atoms with Gasteiger partial charge in [-0.3, -0.25) is 9.59 Å². The predicted octanol–water partition coefficient (Wildman–Crippen LogP) is 3.92. The number of Topliss-reactive ketones (excluding diaryl/α,β-unsaturated/α-hetero) is 1. The van der Waals surface area contributed by atoms with Crippen molar-refractivity contribution < 1.29 is 18.7 Å². The number of ketones is 1. The average molecular weight is 398 g/mol. The molecular formula is C23H27FN2O3. The molecule has 29 heavy (non-hydrogen) atoms. The number of halogens is 1. The maximum absolute atomic E-state index is 14.4. The summed E-state index contributed by atoms with van der Waals surface area (Å²) in [5, 5.41) is 0. The van der Waals surface area contributed by atoms with Crippen LogP contribution in [0.2, 0.25) is 0 Å². The van der Waals surface area contributed by atoms with E-state index in [4.69, 9.17) is 4.74 Å². The Labute approximate surface area is 171 Å². The molecule has 0 spiro atoms. The van der Waals surface area contributed by atoms with E-state index in [0.717, 1.165) is 5.56 Å². The van der Waals surface area contributed by atoms with Crippen molar-refractivity contribution in [2.75, 3.05) is 31.1 Å². The molecule has 154 valence electrons. The molecule has 1 saturated heterocycles. The first-order valence-electron chi connectivity index (χ1n) is 9.90. The Bertz CT molecular complexity index is 872. The summed E-state index contributed by atoms with van der Waals surface area (Å²) in [6.07, 6.45) is 0.163. The van der Waals surface area contributed by atoms with Crippen LogP contribution in [0.15, 0.2) is 42.5 Å². The summed E-state index contributed by atoms with van der Waals surface area (Å²) >= 11 is 0. The minimum Gasteiger partial charge on any atom is -0.374 e. The molecule has 0 atom stereocenters. The van der Waals surface area contributed by atoms with Gasteiger partial charge < -0.3 is 14.5 Å². The topological polar surface area (TPSA) is 49.9 Å². The molecule has 0 unspecified atom stereocenters. The van der Waals surface area contributed by atoms with Crippen LogP contribution >= 0.6 is 0 Å². The molecule has 1 heterocycles. The van der Waals surface area contributed by atoms with Crippen molar-refractivity contribution >= 4 is 17.4 Å². The van der Waals surface area contributed by atoms with Crippen molar-refractivity contribution in [2.45, 2.75) is 33.5 Å². The third kappa shape index (κ3) is 5.21. The van der Waals surface area contributed by atoms with E-state index in [1.807, 2.05) is 43.0 Å². The molecule has 0 N–H and O–H groups in total. The number of carbonyl (C=O) groups excluding carboxylic acids is 2. The van der Waals surface area contributed by atoms with E-state index < -0.39 is 5.82 Å². The monoisotopic (exact) mass is 398 g/mol. The van der Waals surface area contributed by atoms with Gasteiger partial charge >= 0.3 is 0 Å². The van der Waals surface area contributed by atoms with E-state index in [0.29, 0.717) is 49.6 Å². The Balaban J connectivity index is 1.59. The zero-order valence-corrected chi connectivity index (χ0v) is 17.2. The number of nitrogens with zero attached hydrogens (tertiary/aromatic N) is 2. The van der Waals surface area contributed by atoms with Crippen LogP contribution in [0.5, 0.6) is 0 Å². The molecule has 2 aromatic rings. The lowest BCUT2D eigenvalue weighted by Crippen LogP contribution is -2.49. The highest BCUT2D eigenvalue weighted by atomic mass is 19.1. The highest BCUT2D eigenvalue weighted by Gasteiger charge is 2.24. The molecule has 6 heteroatoms. The summed E-state index contributed by atoms with van der Waals surface area (Å²) in [5.41, 5.74) is 2.51. The molecular weight excluding hydrogens is 371 g/mol. The molecule has 1 aliphatic rings. The van der Waals surface area contributed by atoms with E-state index in [-0.39, 0.29) is 17.8 Å². The highest BCUT2D eigenvalue weighted by molar-refractivity contribution is 5.95. The van der Waals surface area contributed by atoms with Gasteiger partial charge in [-0.25, -0.2) is 4.39 Å². The zero-order valence-electron chi connectivity index (χ0n) is 17.2. The zero-order chi connectivity index (χ0) is 21.0. The van der Waals surface area contributed by atoms with Crippen LogP contribution in [0.3, 0.4) is 0 Å². The highest BCUT2D eigenvalue weighted by Crippen LogP contribution is 2.23. The molecule has 0 aromatic heterocycles. The third-order valence-corrected chi connectivity index (χ3v) is 5.05. The SMILES string of the molecule is CC(=O)c1ccc(N2CCN(C(=O)c3ccc(COC(C)C)cc3)CC2)c(F)c1. The molecule has 2 aromatic carbocycles. The minimum absolute atomic E-state index is 0.0200. The lowest BCUT2D eigenvalue weighted by atomic mass is 10.1. The number of amides is 1. The van der Waals surface area contributed by atoms with Gasteiger partial charge in [0.1, 0.15) is 5.82 Å². The molecule has 0 saturated carbocycles. The van der Waals surface area contributed by atoms with E-state index in [2.05, 4.69) is 0 Å². The van der Waals surface area contributed by atoms with Crippen molar-refractivity contribution in [2.24, 2.45) is 0 Å². The molecule has 1 fully saturated rings. The fourth-order valence-electron chi connectivity index (χ4n) is 3.32. The van der Waals surface area contributed by atoms with Gasteiger partial charge in [-0.15, -0.1) is 0 Å². The van der Waals surface area contributed by atoms with Crippen LogP contribution in [-0.2, 0) is 11.3 Å². The third-order valence-electron chi connectivity index (χ3n) is 5.05. The normalized spacial score (nSPS) is 14.4. The fraction of sp³-hybridized carbons (Fsp3) is 0.391. The Morgan fingerprint density at radius 2 is 1.62 bits per heavy atom. The number of hydrogen-bond donors (Lipinski definition) is 0. The number of rotatable bonds is 6. The second-order valence-corrected chi connectivity index (χ2v) is 7.56. The van der Waals surface area contributed by atoms with Crippen molar-refractivity contribution in [3.63, 3.8) is 0 Å². The Kier molecular flexibility index (Phi) is 6.64. The molecule has 0 bridgehead atoms. The van der Waals surface area contributed by atoms with Crippen LogP contribution in [0.1, 0.15) is 47.1 Å². The second-order valence-electron chi connectivity index (χ2n) is 7.56. The van der Waals surface area contributed by atoms with Gasteiger partial charge in [0.2, 0.25) is 0 Å². The molecule has 1 amide bonds. The molecule has 1 aliphatic heterocycles. The second kappa shape index (κ2) is 9.18. The van der Waals surface area contributed by atoms with Gasteiger partial charge in [-0.05, 0) is 56.7 Å². The summed E-state index contributed by atoms with van der Waals surface area (Å²) in [7, 11) is 0. The van der Waals surface area contributed by atoms with Gasteiger partial charge in [0.25, 0.3) is 5.91 Å². The van der Waals surface area contributed by atoms with Gasteiger partial charge in [-0.1, -0.05) is 12.1 Å². The van der Waals surface area contributed by atoms with Crippen molar-refractivity contribution in [3.05, 3.63) is 65.0 Å². The summed E-state index contributed by atoms with van der Waals surface area (Å²) in [5.74, 6) is -0.585. The van der Waals surface area contributed by atoms with Crippen LogP contribution in [-0.4, -0.2) is 48.9 Å². The number of anilines is 1. The first kappa shape index (κ1) is 21.0. The predicted molar refractivity (Wildman–Crippen MR) is 111 cm³/mol. The summed E-state index contributed by atoms with van der Waals surface area (Å²) in [6.45, 7) is 8.05. The van der Waals surface area contributed by atoms with Gasteiger partial charge in [0, 0.05) is 37.3 Å². The fourth-order valence-corrected chi connectivity index (χ4v) is 3.32. The lowest BCUT2D eigenvalue weighted by Gasteiger charge is -2.36. The number of carbonyl (C=O) groups is 2. The van der Waals surface area contributed by atoms with Gasteiger partial charge in [-0.2, -0.15) is 0 Å². The van der Waals surface area contributed by atoms with E-state index >= 15 is 0 Å². The number of ether oxygens (including phenoxy) is 1. The molecule has 0 aliphatic carbocycles. The molecule has 3 rings (SSSR count). The van der Waals surface area contributed by atoms with Crippen LogP contribution in [0.25, 0.3) is 0 Å². The first-order valence-corrected chi connectivity index (χ1v) is 9.90. The molecule has 5 nitrogen and oxygen atoms in total. The van der Waals surface area contributed by atoms with Gasteiger partial charge in [0.15, 0.2) is 5.78 Å². The summed E-state index contributed by atoms with van der Waals surface area (Å²) in [6, 6.07) is 12.0. The van der Waals surface area contributed by atoms with Crippen molar-refractivity contribution in [1.29, 1.82) is 0 Å². The molecule has 0 radical (unpaired) electrons. The van der Waals surface area contributed by atoms with Crippen molar-refractivity contribution in [3.8, 4) is 0 Å². The quantitative estimate of drug-likeness (QED) is 0.692. The first-order chi connectivity index (χ1) is 13.8.